The van der Waals surface area contributed by atoms with Crippen molar-refractivity contribution in [2.75, 3.05) is 54.7 Å². The molecule has 0 radical (unpaired) electrons. The van der Waals surface area contributed by atoms with Gasteiger partial charge in [0, 0.05) is 143 Å². The lowest BCUT2D eigenvalue weighted by molar-refractivity contribution is -0.146. The number of anilines is 2. The highest BCUT2D eigenvalue weighted by Crippen LogP contribution is 2.51. The van der Waals surface area contributed by atoms with Crippen LogP contribution in [0.5, 0.6) is 0 Å². The zero-order valence-electron chi connectivity index (χ0n) is 63.9. The predicted molar refractivity (Wildman–Crippen MR) is 436 cm³/mol. The van der Waals surface area contributed by atoms with E-state index in [9.17, 15) is 85.5 Å². The lowest BCUT2D eigenvalue weighted by Gasteiger charge is -2.22. The Hall–Kier alpha value is -9.73. The second-order valence-corrected chi connectivity index (χ2v) is 34.8. The molecule has 33 nitrogen and oxygen atoms in total. The Morgan fingerprint density at radius 2 is 1.49 bits per heavy atom. The number of H-pyrrole nitrogens is 2. The molecule has 38 heteroatoms. The summed E-state index contributed by atoms with van der Waals surface area (Å²) in [6, 6.07) is 1.68. The first-order chi connectivity index (χ1) is 54.2. The van der Waals surface area contributed by atoms with Gasteiger partial charge in [-0.2, -0.15) is 13.4 Å². The van der Waals surface area contributed by atoms with Gasteiger partial charge in [0.05, 0.1) is 49.0 Å². The summed E-state index contributed by atoms with van der Waals surface area (Å²) in [6.45, 7) is 11.1. The summed E-state index contributed by atoms with van der Waals surface area (Å²) < 4.78 is 37.2. The van der Waals surface area contributed by atoms with Crippen LogP contribution >= 0.6 is 38.8 Å². The molecule has 1 aromatic carbocycles. The molecule has 610 valence electrons. The fourth-order valence-corrected chi connectivity index (χ4v) is 17.9. The van der Waals surface area contributed by atoms with Gasteiger partial charge in [-0.15, -0.1) is 17.2 Å². The first-order valence-corrected chi connectivity index (χ1v) is 44.3. The third-order valence-corrected chi connectivity index (χ3v) is 25.2. The number of benzene rings is 1. The van der Waals surface area contributed by atoms with Gasteiger partial charge in [-0.1, -0.05) is 42.4 Å². The van der Waals surface area contributed by atoms with Crippen LogP contribution in [-0.2, 0) is 69.3 Å². The van der Waals surface area contributed by atoms with Crippen LogP contribution in [-0.4, -0.2) is 192 Å². The largest absolute Gasteiger partial charge is 0.480 e. The fourth-order valence-electron chi connectivity index (χ4n) is 14.5. The molecule has 11 atom stereocenters. The molecule has 8 bridgehead atoms. The predicted octanol–water partition coefficient (Wildman–Crippen LogP) is 6.53. The maximum Gasteiger partial charge on any atom is 0.327 e. The molecule has 0 saturated heterocycles. The smallest absolute Gasteiger partial charge is 0.327 e. The summed E-state index contributed by atoms with van der Waals surface area (Å²) in [5, 5.41) is 36.1. The van der Waals surface area contributed by atoms with Gasteiger partial charge >= 0.3 is 17.9 Å². The van der Waals surface area contributed by atoms with E-state index in [0.717, 1.165) is 39.8 Å². The van der Waals surface area contributed by atoms with E-state index in [2.05, 4.69) is 85.7 Å². The number of aliphatic carboxylic acids is 2. The number of carbonyl (C=O) groups is 12. The van der Waals surface area contributed by atoms with Crippen LogP contribution in [0.15, 0.2) is 90.6 Å². The Kier molecular flexibility index (Phi) is 31.0. The summed E-state index contributed by atoms with van der Waals surface area (Å²) in [7, 11) is 1.90. The van der Waals surface area contributed by atoms with Gasteiger partial charge in [-0.25, -0.2) is 19.6 Å². The molecule has 0 saturated carbocycles. The number of esters is 1. The van der Waals surface area contributed by atoms with Crippen LogP contribution in [0.25, 0.3) is 23.3 Å². The van der Waals surface area contributed by atoms with Crippen molar-refractivity contribution in [2.45, 2.75) is 150 Å². The maximum atomic E-state index is 14.7. The molecular weight excluding hydrogens is 1570 g/mol. The number of ketones is 4. The van der Waals surface area contributed by atoms with E-state index in [-0.39, 0.29) is 133 Å². The summed E-state index contributed by atoms with van der Waals surface area (Å²) >= 11 is 0. The number of aliphatic imine (C=N–C) groups is 2. The van der Waals surface area contributed by atoms with Crippen molar-refractivity contribution in [3.63, 3.8) is 0 Å². The molecule has 2 aliphatic carbocycles. The van der Waals surface area contributed by atoms with Crippen molar-refractivity contribution in [3.8, 4) is 0 Å². The number of methoxy groups -OCH3 is 1. The van der Waals surface area contributed by atoms with Crippen LogP contribution < -0.4 is 43.2 Å². The number of aromatic amines is 2. The second-order valence-electron chi connectivity index (χ2n) is 28.5. The average molecular weight is 1670 g/mol. The molecule has 3 aromatic heterocycles. The number of carboxylic acid groups (broad SMARTS) is 2. The minimum atomic E-state index is -4.53. The number of fused-ring (bicyclic) bond motifs is 7. The van der Waals surface area contributed by atoms with Crippen molar-refractivity contribution < 1.29 is 85.5 Å². The molecule has 3 unspecified atom stereocenters. The van der Waals surface area contributed by atoms with E-state index >= 15 is 0 Å². The Bertz CT molecular complexity index is 4910. The Morgan fingerprint density at radius 3 is 2.18 bits per heavy atom. The summed E-state index contributed by atoms with van der Waals surface area (Å²) in [4.78, 5) is 202. The lowest BCUT2D eigenvalue weighted by Crippen LogP contribution is -2.46. The number of aromatic nitrogens is 5. The van der Waals surface area contributed by atoms with Gasteiger partial charge in [0.2, 0.25) is 29.6 Å². The average Bonchev–Trinajstić information content (AvgIpc) is 1.56. The highest BCUT2D eigenvalue weighted by molar-refractivity contribution is 8.76. The fraction of sp³-hybridized carbons (Fsp3) is 0.474. The van der Waals surface area contributed by atoms with Crippen LogP contribution in [0.4, 0.5) is 11.6 Å². The molecular formula is C76H94N14O19P2S3. The zero-order chi connectivity index (χ0) is 83.0. The molecule has 0 spiro atoms. The van der Waals surface area contributed by atoms with Gasteiger partial charge in [0.1, 0.15) is 23.8 Å². The molecule has 9 rings (SSSR count). The van der Waals surface area contributed by atoms with E-state index in [1.54, 1.807) is 0 Å². The number of nitrogen functional groups attached to an aromatic ring is 1. The Balaban J connectivity index is 0.774. The molecule has 6 heterocycles. The van der Waals surface area contributed by atoms with E-state index in [1.807, 2.05) is 32.9 Å². The number of hydrogen-bond acceptors (Lipinski definition) is 25. The minimum Gasteiger partial charge on any atom is -0.480 e. The van der Waals surface area contributed by atoms with Crippen molar-refractivity contribution >= 4 is 166 Å². The van der Waals surface area contributed by atoms with Crippen LogP contribution in [0, 0.1) is 42.4 Å². The van der Waals surface area contributed by atoms with Gasteiger partial charge in [-0.3, -0.25) is 72.3 Å². The minimum absolute atomic E-state index is 0.000166. The third-order valence-electron chi connectivity index (χ3n) is 20.6. The monoisotopic (exact) mass is 1660 g/mol. The molecule has 114 heavy (non-hydrogen) atoms. The molecule has 5 amide bonds. The number of ether oxygens (including phenoxy) is 1. The van der Waals surface area contributed by atoms with Gasteiger partial charge in [-0.05, 0) is 137 Å². The van der Waals surface area contributed by atoms with Crippen molar-refractivity contribution in [2.24, 2.45) is 45.5 Å². The highest BCUT2D eigenvalue weighted by atomic mass is 33.1. The quantitative estimate of drug-likeness (QED) is 0.00427. The second kappa shape index (κ2) is 40.0. The SMILES string of the molecule is CC[C@H]1C2=NC(=Cc3[nH]c(c(C)c3C(C)=O)C=C3N=C(C4=C5CC(=C2)C(C)=C5C(=O)C4C(=O)OC)[C@@H](CCC(=O)NCCC[C@H](NC(=O)CCPP)C(=O)CCCSSC[C@H](NC(=O)[C@@H](CC(=O)CC[C@H](NC(=O)c2ccc(NCc4cnc5nc(N)[nH]c(=O)c5n4)cc2)C(=O)O)CC(=O)NCCS(=O)(=O)O)C(=O)O)[C@@H]3C)[C@@H]1C. The van der Waals surface area contributed by atoms with E-state index in [4.69, 9.17) is 20.5 Å². The first-order valence-electron chi connectivity index (χ1n) is 37.2. The standard InChI is InChI=1S/C76H94N14O19P2S3/c1-8-47-37(3)52-32-56-62(40(6)91)39(5)54(84-56)31-53-38(4)48(66(86-53)64-49-28-42(29-55(47)83-52)36(2)63(49)68(97)65(64)75(105)109-7)18-20-59(94)78-22-9-11-50(85-60(95)21-24-111-110)58(93)12-10-25-112-113-35-57(74(103)104)88-71(99)43(30-61(96)79-23-26-114(106,107)108)27-46(92)17-19-51(73(101)102)87-70(98)41-13-15-44(16-14-41)80-33-45-34-81-69-67(82-45)72(100)90-76(77)89-69/h13-16,29,31-32,34,37-38,43,47-48,50-51,57,65,80,84,111H,8-12,17-28,30,33,35,110H2,1-7H3,(H,78,94)(H,79,96)(H,85,95)(H,87,98)(H,88,99)(H,101,102)(H,103,104)(H,106,107,108)(H3,77,81,89,90,100)/t37-,38+,43+,47-,48+,50+,51+,57+,65?/m1/s1. The number of carbonyl (C=O) groups excluding carboxylic acids is 10. The van der Waals surface area contributed by atoms with Crippen molar-refractivity contribution in [1.82, 2.24) is 51.5 Å². The first kappa shape index (κ1) is 88.2. The van der Waals surface area contributed by atoms with Crippen molar-refractivity contribution in [3.05, 3.63) is 120 Å². The van der Waals surface area contributed by atoms with Crippen molar-refractivity contribution in [1.29, 1.82) is 0 Å². The Morgan fingerprint density at radius 1 is 0.789 bits per heavy atom. The molecule has 5 aliphatic rings. The van der Waals surface area contributed by atoms with Crippen LogP contribution in [0.3, 0.4) is 0 Å². The summed E-state index contributed by atoms with van der Waals surface area (Å²) in [5.74, 6) is -13.3. The number of allylic oxidation sites excluding steroid dienone is 7. The number of carboxylic acids is 2. The van der Waals surface area contributed by atoms with Gasteiger partial charge in [0.15, 0.2) is 28.5 Å². The van der Waals surface area contributed by atoms with Crippen LogP contribution in [0.1, 0.15) is 161 Å². The number of Topliss-reactive ketones (excluding diaryl/α,β-unsaturated/α-hetero) is 4. The van der Waals surface area contributed by atoms with E-state index < -0.39 is 131 Å². The topological polar surface area (TPSA) is 519 Å². The van der Waals surface area contributed by atoms with Gasteiger partial charge < -0.3 is 57.6 Å². The zero-order valence-corrected chi connectivity index (χ0v) is 68.6. The summed E-state index contributed by atoms with van der Waals surface area (Å²) in [5.41, 5.74) is 14.5. The van der Waals surface area contributed by atoms with E-state index in [1.165, 1.54) is 55.3 Å². The number of nitrogens with one attached hydrogen (secondary N) is 8. The number of nitrogens with zero attached hydrogens (tertiary/aromatic N) is 5. The number of amides is 5. The lowest BCUT2D eigenvalue weighted by atomic mass is 9.80. The molecule has 0 fully saturated rings. The maximum absolute atomic E-state index is 14.7. The highest BCUT2D eigenvalue weighted by Gasteiger charge is 2.51. The Labute approximate surface area is 668 Å². The van der Waals surface area contributed by atoms with Gasteiger partial charge in [0.25, 0.3) is 21.6 Å². The normalized spacial score (nSPS) is 18.8. The number of nitrogens with two attached hydrogens (primary N) is 1. The number of hydrogen-bond donors (Lipinski definition) is 12. The number of rotatable bonds is 41. The third kappa shape index (κ3) is 22.6. The molecule has 4 aromatic rings. The molecule has 13 N–H and O–H groups in total. The summed E-state index contributed by atoms with van der Waals surface area (Å²) in [6.07, 6.45) is 7.62. The van der Waals surface area contributed by atoms with Crippen LogP contribution in [0.2, 0.25) is 0 Å². The van der Waals surface area contributed by atoms with E-state index in [0.29, 0.717) is 88.6 Å². The molecule has 3 aliphatic heterocycles.